The van der Waals surface area contributed by atoms with Crippen molar-refractivity contribution in [1.29, 1.82) is 0 Å². The van der Waals surface area contributed by atoms with Crippen molar-refractivity contribution >= 4 is 5.94 Å². The lowest BCUT2D eigenvalue weighted by molar-refractivity contribution is 0.409. The zero-order valence-electron chi connectivity index (χ0n) is 6.91. The van der Waals surface area contributed by atoms with Crippen molar-refractivity contribution in [1.82, 2.24) is 0 Å². The molecule has 0 saturated carbocycles. The molecule has 0 aliphatic carbocycles. The summed E-state index contributed by atoms with van der Waals surface area (Å²) >= 11 is 0. The van der Waals surface area contributed by atoms with Crippen LogP contribution in [0.1, 0.15) is 13.3 Å². The molecule has 2 heteroatoms. The van der Waals surface area contributed by atoms with E-state index in [4.69, 9.17) is 4.74 Å². The number of ether oxygens (including phenoxy) is 1. The molecule has 62 valence electrons. The molecule has 2 nitrogen and oxygen atoms in total. The first-order chi connectivity index (χ1) is 5.86. The summed E-state index contributed by atoms with van der Waals surface area (Å²) in [6.07, 6.45) is 0.568. The first-order valence-electron chi connectivity index (χ1n) is 3.83. The molecule has 0 aromatic heterocycles. The molecule has 1 rings (SSSR count). The summed E-state index contributed by atoms with van der Waals surface area (Å²) in [6, 6.07) is 9.20. The van der Waals surface area contributed by atoms with Gasteiger partial charge in [0.2, 0.25) is 0 Å². The number of benzene rings is 1. The van der Waals surface area contributed by atoms with Crippen molar-refractivity contribution in [2.24, 2.45) is 0 Å². The van der Waals surface area contributed by atoms with E-state index >= 15 is 0 Å². The fourth-order valence-corrected chi connectivity index (χ4v) is 0.796. The maximum atomic E-state index is 10.3. The smallest absolute Gasteiger partial charge is 0.187 e. The Morgan fingerprint density at radius 3 is 2.58 bits per heavy atom. The Bertz CT molecular complexity index is 284. The lowest BCUT2D eigenvalue weighted by atomic mass is 10.3. The van der Waals surface area contributed by atoms with Gasteiger partial charge in [-0.3, -0.25) is 0 Å². The van der Waals surface area contributed by atoms with E-state index in [2.05, 4.69) is 0 Å². The highest BCUT2D eigenvalue weighted by molar-refractivity contribution is 5.50. The molecule has 1 aromatic rings. The van der Waals surface area contributed by atoms with E-state index in [0.717, 1.165) is 0 Å². The maximum Gasteiger partial charge on any atom is 0.187 e. The third kappa shape index (κ3) is 2.26. The second kappa shape index (κ2) is 4.37. The molecule has 1 aromatic carbocycles. The van der Waals surface area contributed by atoms with Crippen LogP contribution in [0, 0.1) is 0 Å². The van der Waals surface area contributed by atoms with Gasteiger partial charge in [0.1, 0.15) is 5.75 Å². The van der Waals surface area contributed by atoms with Gasteiger partial charge < -0.3 is 4.74 Å². The van der Waals surface area contributed by atoms with E-state index < -0.39 is 0 Å². The zero-order chi connectivity index (χ0) is 8.81. The van der Waals surface area contributed by atoms with E-state index in [0.29, 0.717) is 17.9 Å². The average molecular weight is 162 g/mol. The van der Waals surface area contributed by atoms with Gasteiger partial charge in [0.25, 0.3) is 0 Å². The van der Waals surface area contributed by atoms with Gasteiger partial charge in [-0.05, 0) is 12.1 Å². The number of para-hydroxylation sites is 1. The predicted molar refractivity (Wildman–Crippen MR) is 46.6 cm³/mol. The van der Waals surface area contributed by atoms with Crippen LogP contribution < -0.4 is 4.74 Å². The Balaban J connectivity index is 2.70. The van der Waals surface area contributed by atoms with Gasteiger partial charge in [0.15, 0.2) is 11.7 Å². The van der Waals surface area contributed by atoms with Crippen molar-refractivity contribution in [3.63, 3.8) is 0 Å². The monoisotopic (exact) mass is 162 g/mol. The van der Waals surface area contributed by atoms with Crippen molar-refractivity contribution in [2.45, 2.75) is 13.3 Å². The molecule has 0 unspecified atom stereocenters. The third-order valence-corrected chi connectivity index (χ3v) is 1.42. The highest BCUT2D eigenvalue weighted by Crippen LogP contribution is 2.12. The second-order valence-corrected chi connectivity index (χ2v) is 2.29. The number of rotatable bonds is 3. The molecule has 12 heavy (non-hydrogen) atoms. The topological polar surface area (TPSA) is 26.3 Å². The first kappa shape index (κ1) is 8.57. The highest BCUT2D eigenvalue weighted by atomic mass is 16.5. The molecule has 0 saturated heterocycles. The number of hydrogen-bond acceptors (Lipinski definition) is 2. The van der Waals surface area contributed by atoms with Crippen molar-refractivity contribution in [3.05, 3.63) is 36.1 Å². The predicted octanol–water partition coefficient (Wildman–Crippen LogP) is 2.19. The molecule has 0 aliphatic rings. The van der Waals surface area contributed by atoms with Crippen LogP contribution >= 0.6 is 0 Å². The van der Waals surface area contributed by atoms with Gasteiger partial charge in [-0.15, -0.1) is 0 Å². The standard InChI is InChI=1S/C10H10O2/c1-2-9(8-11)12-10-6-4-3-5-7-10/h3-7H,2H2,1H3. The summed E-state index contributed by atoms with van der Waals surface area (Å²) in [5.74, 6) is 2.76. The number of allylic oxidation sites excluding steroid dienone is 1. The summed E-state index contributed by atoms with van der Waals surface area (Å²) < 4.78 is 5.21. The lowest BCUT2D eigenvalue weighted by Gasteiger charge is -2.02. The molecule has 0 atom stereocenters. The summed E-state index contributed by atoms with van der Waals surface area (Å²) in [6.45, 7) is 1.85. The minimum absolute atomic E-state index is 0.334. The van der Waals surface area contributed by atoms with Crippen molar-refractivity contribution in [2.75, 3.05) is 0 Å². The van der Waals surface area contributed by atoms with Gasteiger partial charge in [-0.25, -0.2) is 4.79 Å². The number of hydrogen-bond donors (Lipinski definition) is 0. The Kier molecular flexibility index (Phi) is 3.12. The van der Waals surface area contributed by atoms with Gasteiger partial charge in [-0.1, -0.05) is 25.1 Å². The number of carbonyl (C=O) groups excluding carboxylic acids is 1. The normalized spacial score (nSPS) is 8.75. The summed E-state index contributed by atoms with van der Waals surface area (Å²) in [4.78, 5) is 10.3. The molecule has 0 heterocycles. The molecule has 0 fully saturated rings. The van der Waals surface area contributed by atoms with Crippen LogP contribution in [0.4, 0.5) is 0 Å². The molecule has 0 N–H and O–H groups in total. The Morgan fingerprint density at radius 2 is 2.08 bits per heavy atom. The first-order valence-corrected chi connectivity index (χ1v) is 3.83. The molecular weight excluding hydrogens is 152 g/mol. The minimum atomic E-state index is 0.334. The summed E-state index contributed by atoms with van der Waals surface area (Å²) in [5, 5.41) is 0. The van der Waals surface area contributed by atoms with E-state index in [1.54, 1.807) is 18.1 Å². The van der Waals surface area contributed by atoms with E-state index in [9.17, 15) is 4.79 Å². The molecule has 0 spiro atoms. The summed E-state index contributed by atoms with van der Waals surface area (Å²) in [7, 11) is 0. The second-order valence-electron chi connectivity index (χ2n) is 2.29. The molecular formula is C10H10O2. The van der Waals surface area contributed by atoms with Crippen molar-refractivity contribution in [3.8, 4) is 5.75 Å². The zero-order valence-corrected chi connectivity index (χ0v) is 6.91. The summed E-state index contributed by atoms with van der Waals surface area (Å²) in [5.41, 5.74) is 0. The average Bonchev–Trinajstić information content (AvgIpc) is 2.16. The third-order valence-electron chi connectivity index (χ3n) is 1.42. The SMILES string of the molecule is CCC(=C=O)Oc1ccccc1. The van der Waals surface area contributed by atoms with Gasteiger partial charge in [0, 0.05) is 6.42 Å². The fraction of sp³-hybridized carbons (Fsp3) is 0.200. The molecule has 0 bridgehead atoms. The highest BCUT2D eigenvalue weighted by Gasteiger charge is 1.96. The Morgan fingerprint density at radius 1 is 1.42 bits per heavy atom. The molecule has 0 amide bonds. The van der Waals surface area contributed by atoms with Gasteiger partial charge in [-0.2, -0.15) is 0 Å². The maximum absolute atomic E-state index is 10.3. The van der Waals surface area contributed by atoms with E-state index in [1.165, 1.54) is 0 Å². The van der Waals surface area contributed by atoms with Gasteiger partial charge >= 0.3 is 0 Å². The fourth-order valence-electron chi connectivity index (χ4n) is 0.796. The van der Waals surface area contributed by atoms with E-state index in [-0.39, 0.29) is 0 Å². The van der Waals surface area contributed by atoms with Crippen LogP contribution in [0.15, 0.2) is 36.1 Å². The Hall–Kier alpha value is -1.53. The Labute approximate surface area is 71.5 Å². The molecule has 0 aliphatic heterocycles. The largest absolute Gasteiger partial charge is 0.450 e. The lowest BCUT2D eigenvalue weighted by Crippen LogP contribution is -1.93. The van der Waals surface area contributed by atoms with Crippen LogP contribution in [0.5, 0.6) is 5.75 Å². The minimum Gasteiger partial charge on any atom is -0.450 e. The van der Waals surface area contributed by atoms with Gasteiger partial charge in [0.05, 0.1) is 0 Å². The van der Waals surface area contributed by atoms with Crippen molar-refractivity contribution < 1.29 is 9.53 Å². The van der Waals surface area contributed by atoms with E-state index in [1.807, 2.05) is 25.1 Å². The van der Waals surface area contributed by atoms with Crippen LogP contribution in [-0.2, 0) is 4.79 Å². The van der Waals surface area contributed by atoms with Crippen LogP contribution in [-0.4, -0.2) is 5.94 Å². The quantitative estimate of drug-likeness (QED) is 0.503. The van der Waals surface area contributed by atoms with Crippen LogP contribution in [0.3, 0.4) is 0 Å². The van der Waals surface area contributed by atoms with Crippen LogP contribution in [0.25, 0.3) is 0 Å². The van der Waals surface area contributed by atoms with Crippen LogP contribution in [0.2, 0.25) is 0 Å². The molecule has 0 radical (unpaired) electrons.